The van der Waals surface area contributed by atoms with Crippen LogP contribution in [0.25, 0.3) is 0 Å². The zero-order chi connectivity index (χ0) is 17.2. The normalized spacial score (nSPS) is 17.3. The molecular formula is C14H21N3O5S. The number of thiol groups is 1. The lowest BCUT2D eigenvalue weighted by atomic mass is 10.2. The number of rotatable bonds is 10. The number of unbranched alkanes of at least 4 members (excludes halogenated alkanes) is 2. The third-order valence-corrected chi connectivity index (χ3v) is 3.74. The Labute approximate surface area is 139 Å². The summed E-state index contributed by atoms with van der Waals surface area (Å²) < 4.78 is 0. The van der Waals surface area contributed by atoms with Crippen LogP contribution < -0.4 is 10.6 Å². The quantitative estimate of drug-likeness (QED) is 0.205. The average molecular weight is 343 g/mol. The fourth-order valence-corrected chi connectivity index (χ4v) is 2.41. The molecule has 1 fully saturated rings. The van der Waals surface area contributed by atoms with Crippen molar-refractivity contribution in [3.63, 3.8) is 0 Å². The first-order chi connectivity index (χ1) is 11.0. The highest BCUT2D eigenvalue weighted by Crippen LogP contribution is 2.18. The second-order valence-electron chi connectivity index (χ2n) is 5.16. The summed E-state index contributed by atoms with van der Waals surface area (Å²) in [6, 6.07) is 0. The van der Waals surface area contributed by atoms with Gasteiger partial charge in [0.15, 0.2) is 0 Å². The molecule has 128 valence electrons. The number of imide groups is 1. The summed E-state index contributed by atoms with van der Waals surface area (Å²) in [5, 5.41) is 4.23. The Kier molecular flexibility index (Phi) is 8.31. The molecule has 1 saturated heterocycles. The minimum absolute atomic E-state index is 0.0736. The van der Waals surface area contributed by atoms with Crippen LogP contribution in [-0.2, 0) is 24.0 Å². The molecule has 0 aromatic rings. The predicted octanol–water partition coefficient (Wildman–Crippen LogP) is -0.965. The van der Waals surface area contributed by atoms with Crippen molar-refractivity contribution in [2.24, 2.45) is 0 Å². The van der Waals surface area contributed by atoms with Crippen molar-refractivity contribution < 1.29 is 24.0 Å². The zero-order valence-electron chi connectivity index (χ0n) is 12.7. The lowest BCUT2D eigenvalue weighted by Gasteiger charge is -2.13. The molecule has 0 aliphatic carbocycles. The van der Waals surface area contributed by atoms with Crippen LogP contribution in [0.15, 0.2) is 0 Å². The van der Waals surface area contributed by atoms with Crippen molar-refractivity contribution >= 4 is 42.5 Å². The summed E-state index contributed by atoms with van der Waals surface area (Å²) in [5.74, 6) is -1.13. The molecule has 0 radical (unpaired) electrons. The van der Waals surface area contributed by atoms with Gasteiger partial charge in [0.1, 0.15) is 6.29 Å². The molecular weight excluding hydrogens is 322 g/mol. The van der Waals surface area contributed by atoms with E-state index < -0.39 is 11.2 Å². The molecule has 1 aliphatic rings. The van der Waals surface area contributed by atoms with Crippen LogP contribution in [-0.4, -0.2) is 59.7 Å². The lowest BCUT2D eigenvalue weighted by molar-refractivity contribution is -0.138. The fourth-order valence-electron chi connectivity index (χ4n) is 2.12. The van der Waals surface area contributed by atoms with E-state index in [0.717, 1.165) is 0 Å². The van der Waals surface area contributed by atoms with Gasteiger partial charge in [0.2, 0.25) is 23.6 Å². The highest BCUT2D eigenvalue weighted by atomic mass is 32.1. The molecule has 1 atom stereocenters. The first-order valence-corrected chi connectivity index (χ1v) is 7.96. The summed E-state index contributed by atoms with van der Waals surface area (Å²) in [6.45, 7) is 0.118. The Morgan fingerprint density at radius 2 is 1.91 bits per heavy atom. The molecule has 4 amide bonds. The fraction of sp³-hybridized carbons (Fsp3) is 0.643. The summed E-state index contributed by atoms with van der Waals surface area (Å²) in [7, 11) is 0. The highest BCUT2D eigenvalue weighted by Gasteiger charge is 2.35. The Morgan fingerprint density at radius 1 is 1.17 bits per heavy atom. The van der Waals surface area contributed by atoms with Gasteiger partial charge in [-0.2, -0.15) is 12.6 Å². The van der Waals surface area contributed by atoms with E-state index in [1.807, 2.05) is 0 Å². The van der Waals surface area contributed by atoms with Gasteiger partial charge in [-0.25, -0.2) is 0 Å². The number of carbonyl (C=O) groups excluding carboxylic acids is 5. The van der Waals surface area contributed by atoms with Crippen molar-refractivity contribution in [2.45, 2.75) is 37.4 Å². The van der Waals surface area contributed by atoms with Crippen LogP contribution in [0.2, 0.25) is 0 Å². The maximum Gasteiger partial charge on any atom is 0.242 e. The van der Waals surface area contributed by atoms with E-state index in [2.05, 4.69) is 23.3 Å². The number of hydrogen-bond donors (Lipinski definition) is 3. The van der Waals surface area contributed by atoms with E-state index >= 15 is 0 Å². The van der Waals surface area contributed by atoms with Crippen LogP contribution in [0.3, 0.4) is 0 Å². The van der Waals surface area contributed by atoms with E-state index in [0.29, 0.717) is 32.1 Å². The van der Waals surface area contributed by atoms with E-state index in [1.54, 1.807) is 0 Å². The number of nitrogens with zero attached hydrogens (tertiary/aromatic N) is 1. The SMILES string of the molecule is O=CCNC(=O)CNC(=O)CCCCCN1C(=O)CC(S)C1=O. The Hall–Kier alpha value is -1.90. The number of carbonyl (C=O) groups is 5. The van der Waals surface area contributed by atoms with Crippen LogP contribution in [0.1, 0.15) is 32.1 Å². The van der Waals surface area contributed by atoms with Gasteiger partial charge in [-0.05, 0) is 12.8 Å². The standard InChI is InChI=1S/C14H21N3O5S/c18-7-5-15-12(20)9-16-11(19)4-2-1-3-6-17-13(21)8-10(23)14(17)22/h7,10,23H,1-6,8-9H2,(H,15,20)(H,16,19). The Balaban J connectivity index is 2.07. The second kappa shape index (κ2) is 9.98. The van der Waals surface area contributed by atoms with Crippen molar-refractivity contribution in [2.75, 3.05) is 19.6 Å². The molecule has 8 nitrogen and oxygen atoms in total. The van der Waals surface area contributed by atoms with Crippen molar-refractivity contribution in [3.8, 4) is 0 Å². The summed E-state index contributed by atoms with van der Waals surface area (Å²) in [4.78, 5) is 57.1. The third kappa shape index (κ3) is 6.81. The van der Waals surface area contributed by atoms with Gasteiger partial charge in [-0.3, -0.25) is 24.1 Å². The van der Waals surface area contributed by atoms with Crippen molar-refractivity contribution in [1.29, 1.82) is 0 Å². The number of likely N-dealkylation sites (tertiary alicyclic amines) is 1. The highest BCUT2D eigenvalue weighted by molar-refractivity contribution is 7.81. The molecule has 1 heterocycles. The van der Waals surface area contributed by atoms with Gasteiger partial charge in [0.25, 0.3) is 0 Å². The van der Waals surface area contributed by atoms with Crippen LogP contribution in [0.4, 0.5) is 0 Å². The number of hydrogen-bond acceptors (Lipinski definition) is 6. The lowest BCUT2D eigenvalue weighted by Crippen LogP contribution is -2.37. The first-order valence-electron chi connectivity index (χ1n) is 7.45. The molecule has 2 N–H and O–H groups in total. The number of aldehydes is 1. The molecule has 9 heteroatoms. The monoisotopic (exact) mass is 343 g/mol. The smallest absolute Gasteiger partial charge is 0.242 e. The van der Waals surface area contributed by atoms with Crippen LogP contribution in [0.5, 0.6) is 0 Å². The molecule has 0 spiro atoms. The van der Waals surface area contributed by atoms with Gasteiger partial charge in [0.05, 0.1) is 18.3 Å². The Morgan fingerprint density at radius 3 is 2.52 bits per heavy atom. The van der Waals surface area contributed by atoms with Crippen molar-refractivity contribution in [3.05, 3.63) is 0 Å². The molecule has 1 unspecified atom stereocenters. The van der Waals surface area contributed by atoms with E-state index in [9.17, 15) is 24.0 Å². The first kappa shape index (κ1) is 19.1. The van der Waals surface area contributed by atoms with Gasteiger partial charge in [-0.15, -0.1) is 0 Å². The Bertz CT molecular complexity index is 483. The maximum atomic E-state index is 11.6. The average Bonchev–Trinajstić information content (AvgIpc) is 2.76. The van der Waals surface area contributed by atoms with E-state index in [-0.39, 0.29) is 43.7 Å². The third-order valence-electron chi connectivity index (χ3n) is 3.33. The second-order valence-corrected chi connectivity index (χ2v) is 5.79. The molecule has 0 saturated carbocycles. The van der Waals surface area contributed by atoms with Gasteiger partial charge in [0, 0.05) is 19.4 Å². The summed E-state index contributed by atoms with van der Waals surface area (Å²) in [6.07, 6.45) is 2.90. The van der Waals surface area contributed by atoms with E-state index in [1.165, 1.54) is 4.90 Å². The number of nitrogens with one attached hydrogen (secondary N) is 2. The van der Waals surface area contributed by atoms with Crippen LogP contribution in [0, 0.1) is 0 Å². The van der Waals surface area contributed by atoms with Crippen molar-refractivity contribution in [1.82, 2.24) is 15.5 Å². The summed E-state index contributed by atoms with van der Waals surface area (Å²) in [5.41, 5.74) is 0. The molecule has 23 heavy (non-hydrogen) atoms. The molecule has 0 bridgehead atoms. The molecule has 0 aromatic carbocycles. The van der Waals surface area contributed by atoms with Gasteiger partial charge in [-0.1, -0.05) is 6.42 Å². The zero-order valence-corrected chi connectivity index (χ0v) is 13.6. The summed E-state index contributed by atoms with van der Waals surface area (Å²) >= 11 is 4.04. The topological polar surface area (TPSA) is 113 Å². The molecule has 1 rings (SSSR count). The minimum Gasteiger partial charge on any atom is -0.348 e. The minimum atomic E-state index is -0.529. The molecule has 1 aliphatic heterocycles. The van der Waals surface area contributed by atoms with E-state index in [4.69, 9.17) is 0 Å². The largest absolute Gasteiger partial charge is 0.348 e. The van der Waals surface area contributed by atoms with Gasteiger partial charge >= 0.3 is 0 Å². The molecule has 0 aromatic heterocycles. The van der Waals surface area contributed by atoms with Crippen LogP contribution >= 0.6 is 12.6 Å². The maximum absolute atomic E-state index is 11.6. The predicted molar refractivity (Wildman–Crippen MR) is 84.7 cm³/mol. The number of amides is 4. The van der Waals surface area contributed by atoms with Gasteiger partial charge < -0.3 is 15.4 Å².